The number of rotatable bonds is 5. The summed E-state index contributed by atoms with van der Waals surface area (Å²) in [6.45, 7) is 6.74. The Balaban J connectivity index is 1.89. The molecule has 3 atom stereocenters. The molecule has 116 valence electrons. The van der Waals surface area contributed by atoms with Crippen molar-refractivity contribution in [2.45, 2.75) is 32.5 Å². The quantitative estimate of drug-likeness (QED) is 0.831. The van der Waals surface area contributed by atoms with Crippen LogP contribution in [0, 0.1) is 5.92 Å². The zero-order valence-corrected chi connectivity index (χ0v) is 12.9. The maximum Gasteiger partial charge on any atom is 0.346 e. The summed E-state index contributed by atoms with van der Waals surface area (Å²) < 4.78 is 10.2. The number of nitrogens with two attached hydrogens (primary N) is 1. The molecule has 1 saturated heterocycles. The van der Waals surface area contributed by atoms with Crippen LogP contribution in [0.3, 0.4) is 0 Å². The molecule has 0 bridgehead atoms. The number of methoxy groups -OCH3 is 1. The molecule has 1 heterocycles. The molecule has 0 spiro atoms. The van der Waals surface area contributed by atoms with E-state index >= 15 is 0 Å². The Morgan fingerprint density at radius 2 is 2.05 bits per heavy atom. The highest BCUT2D eigenvalue weighted by atomic mass is 16.6. The Morgan fingerprint density at radius 3 is 2.57 bits per heavy atom. The second-order valence-electron chi connectivity index (χ2n) is 5.76. The van der Waals surface area contributed by atoms with Gasteiger partial charge in [-0.2, -0.15) is 0 Å². The monoisotopic (exact) mass is 292 g/mol. The van der Waals surface area contributed by atoms with Crippen molar-refractivity contribution in [3.8, 4) is 5.75 Å². The van der Waals surface area contributed by atoms with Crippen LogP contribution in [0.4, 0.5) is 0 Å². The number of nitrogens with zero attached hydrogens (tertiary/aromatic N) is 1. The highest BCUT2D eigenvalue weighted by Crippen LogP contribution is 2.19. The van der Waals surface area contributed by atoms with Gasteiger partial charge in [-0.05, 0) is 30.5 Å². The van der Waals surface area contributed by atoms with Gasteiger partial charge in [0.15, 0.2) is 6.10 Å². The fraction of sp³-hybridized carbons (Fsp3) is 0.562. The van der Waals surface area contributed by atoms with Crippen LogP contribution in [-0.2, 0) is 16.1 Å². The molecule has 2 N–H and O–H groups in total. The van der Waals surface area contributed by atoms with Gasteiger partial charge in [-0.3, -0.25) is 4.90 Å². The van der Waals surface area contributed by atoms with E-state index in [0.29, 0.717) is 11.7 Å². The van der Waals surface area contributed by atoms with Crippen molar-refractivity contribution in [1.82, 2.24) is 4.90 Å². The van der Waals surface area contributed by atoms with Gasteiger partial charge in [0, 0.05) is 25.7 Å². The summed E-state index contributed by atoms with van der Waals surface area (Å²) in [5.74, 6) is 0.843. The number of hydrogen-bond acceptors (Lipinski definition) is 5. The number of esters is 1. The molecule has 0 radical (unpaired) electrons. The molecule has 1 aromatic carbocycles. The van der Waals surface area contributed by atoms with Crippen LogP contribution in [0.5, 0.6) is 5.75 Å². The van der Waals surface area contributed by atoms with E-state index in [4.69, 9.17) is 10.5 Å². The lowest BCUT2D eigenvalue weighted by atomic mass is 10.1. The van der Waals surface area contributed by atoms with Gasteiger partial charge in [0.1, 0.15) is 5.75 Å². The van der Waals surface area contributed by atoms with E-state index in [9.17, 15) is 4.79 Å². The molecule has 1 fully saturated rings. The largest absolute Gasteiger partial charge is 0.479 e. The maximum absolute atomic E-state index is 11.3. The molecule has 1 aromatic rings. The van der Waals surface area contributed by atoms with Gasteiger partial charge < -0.3 is 15.2 Å². The summed E-state index contributed by atoms with van der Waals surface area (Å²) in [6.07, 6.45) is -0.599. The van der Waals surface area contributed by atoms with Crippen LogP contribution < -0.4 is 10.5 Å². The van der Waals surface area contributed by atoms with Crippen molar-refractivity contribution >= 4 is 5.97 Å². The zero-order valence-electron chi connectivity index (χ0n) is 12.9. The standard InChI is InChI=1S/C16H24N2O3/c1-11-8-18(10-15(11)17)9-13-4-6-14(7-5-13)21-12(2)16(19)20-3/h4-7,11-12,15H,8-10,17H2,1-3H3. The molecule has 0 aromatic heterocycles. The van der Waals surface area contributed by atoms with E-state index in [2.05, 4.69) is 16.6 Å². The molecule has 1 aliphatic heterocycles. The van der Waals surface area contributed by atoms with E-state index in [-0.39, 0.29) is 12.0 Å². The van der Waals surface area contributed by atoms with Crippen LogP contribution in [0.25, 0.3) is 0 Å². The van der Waals surface area contributed by atoms with E-state index in [1.807, 2.05) is 24.3 Å². The summed E-state index contributed by atoms with van der Waals surface area (Å²) in [7, 11) is 1.35. The van der Waals surface area contributed by atoms with Crippen LogP contribution in [0.1, 0.15) is 19.4 Å². The van der Waals surface area contributed by atoms with E-state index in [0.717, 1.165) is 19.6 Å². The highest BCUT2D eigenvalue weighted by Gasteiger charge is 2.26. The van der Waals surface area contributed by atoms with Gasteiger partial charge >= 0.3 is 5.97 Å². The van der Waals surface area contributed by atoms with Gasteiger partial charge in [0.05, 0.1) is 7.11 Å². The first kappa shape index (κ1) is 15.8. The third kappa shape index (κ3) is 4.19. The summed E-state index contributed by atoms with van der Waals surface area (Å²) >= 11 is 0. The van der Waals surface area contributed by atoms with Crippen molar-refractivity contribution in [1.29, 1.82) is 0 Å². The third-order valence-corrected chi connectivity index (χ3v) is 3.92. The molecule has 2 rings (SSSR count). The minimum absolute atomic E-state index is 0.272. The van der Waals surface area contributed by atoms with Crippen LogP contribution >= 0.6 is 0 Å². The normalized spacial score (nSPS) is 23.8. The van der Waals surface area contributed by atoms with Crippen molar-refractivity contribution in [3.63, 3.8) is 0 Å². The number of ether oxygens (including phenoxy) is 2. The van der Waals surface area contributed by atoms with E-state index in [1.165, 1.54) is 12.7 Å². The fourth-order valence-electron chi connectivity index (χ4n) is 2.57. The first-order valence-electron chi connectivity index (χ1n) is 7.31. The summed E-state index contributed by atoms with van der Waals surface area (Å²) in [5.41, 5.74) is 7.25. The summed E-state index contributed by atoms with van der Waals surface area (Å²) in [4.78, 5) is 13.7. The van der Waals surface area contributed by atoms with Crippen molar-refractivity contribution < 1.29 is 14.3 Å². The van der Waals surface area contributed by atoms with E-state index in [1.54, 1.807) is 6.92 Å². The fourth-order valence-corrected chi connectivity index (χ4v) is 2.57. The van der Waals surface area contributed by atoms with Crippen LogP contribution in [-0.4, -0.2) is 43.2 Å². The number of likely N-dealkylation sites (tertiary alicyclic amines) is 1. The van der Waals surface area contributed by atoms with Gasteiger partial charge in [0.25, 0.3) is 0 Å². The molecule has 1 aliphatic rings. The average Bonchev–Trinajstić information content (AvgIpc) is 2.78. The van der Waals surface area contributed by atoms with Crippen molar-refractivity contribution in [3.05, 3.63) is 29.8 Å². The Labute approximate surface area is 126 Å². The van der Waals surface area contributed by atoms with Crippen LogP contribution in [0.15, 0.2) is 24.3 Å². The third-order valence-electron chi connectivity index (χ3n) is 3.92. The maximum atomic E-state index is 11.3. The summed E-state index contributed by atoms with van der Waals surface area (Å²) in [6, 6.07) is 8.08. The minimum Gasteiger partial charge on any atom is -0.479 e. The van der Waals surface area contributed by atoms with Gasteiger partial charge in [-0.15, -0.1) is 0 Å². The predicted octanol–water partition coefficient (Wildman–Crippen LogP) is 1.41. The van der Waals surface area contributed by atoms with Crippen molar-refractivity contribution in [2.24, 2.45) is 11.7 Å². The molecule has 0 amide bonds. The van der Waals surface area contributed by atoms with Crippen LogP contribution in [0.2, 0.25) is 0 Å². The molecule has 5 nitrogen and oxygen atoms in total. The first-order chi connectivity index (χ1) is 9.99. The number of hydrogen-bond donors (Lipinski definition) is 1. The lowest BCUT2D eigenvalue weighted by Crippen LogP contribution is -2.28. The van der Waals surface area contributed by atoms with Gasteiger partial charge in [-0.25, -0.2) is 4.79 Å². The molecule has 3 unspecified atom stereocenters. The minimum atomic E-state index is -0.599. The highest BCUT2D eigenvalue weighted by molar-refractivity contribution is 5.74. The van der Waals surface area contributed by atoms with E-state index < -0.39 is 6.10 Å². The Morgan fingerprint density at radius 1 is 1.38 bits per heavy atom. The summed E-state index contributed by atoms with van der Waals surface area (Å²) in [5, 5.41) is 0. The number of benzene rings is 1. The predicted molar refractivity (Wildman–Crippen MR) is 81.0 cm³/mol. The molecular formula is C16H24N2O3. The second kappa shape index (κ2) is 6.91. The Hall–Kier alpha value is -1.59. The van der Waals surface area contributed by atoms with Gasteiger partial charge in [0.2, 0.25) is 0 Å². The smallest absolute Gasteiger partial charge is 0.346 e. The Bertz CT molecular complexity index is 465. The molecular weight excluding hydrogens is 268 g/mol. The van der Waals surface area contributed by atoms with Gasteiger partial charge in [-0.1, -0.05) is 19.1 Å². The second-order valence-corrected chi connectivity index (χ2v) is 5.76. The molecule has 5 heteroatoms. The lowest BCUT2D eigenvalue weighted by molar-refractivity contribution is -0.147. The lowest BCUT2D eigenvalue weighted by Gasteiger charge is -2.16. The molecule has 21 heavy (non-hydrogen) atoms. The first-order valence-corrected chi connectivity index (χ1v) is 7.31. The average molecular weight is 292 g/mol. The van der Waals surface area contributed by atoms with Crippen molar-refractivity contribution in [2.75, 3.05) is 20.2 Å². The SMILES string of the molecule is COC(=O)C(C)Oc1ccc(CN2CC(C)C(N)C2)cc1. The Kier molecular flexibility index (Phi) is 5.20. The number of carbonyl (C=O) groups is 1. The number of carbonyl (C=O) groups excluding carboxylic acids is 1. The zero-order chi connectivity index (χ0) is 15.4. The molecule has 0 aliphatic carbocycles. The topological polar surface area (TPSA) is 64.8 Å². The molecule has 0 saturated carbocycles.